The van der Waals surface area contributed by atoms with Crippen molar-refractivity contribution in [3.63, 3.8) is 0 Å². The summed E-state index contributed by atoms with van der Waals surface area (Å²) < 4.78 is 7.62. The van der Waals surface area contributed by atoms with Crippen molar-refractivity contribution in [3.05, 3.63) is 97.9 Å². The van der Waals surface area contributed by atoms with Gasteiger partial charge >= 0.3 is 0 Å². The average molecular weight is 472 g/mol. The third-order valence-corrected chi connectivity index (χ3v) is 6.02. The maximum absolute atomic E-state index is 12.6. The molecule has 2 aromatic heterocycles. The molecule has 0 aliphatic rings. The summed E-state index contributed by atoms with van der Waals surface area (Å²) in [5.74, 6) is 0.597. The Bertz CT molecular complexity index is 1200. The van der Waals surface area contributed by atoms with Gasteiger partial charge in [0.2, 0.25) is 0 Å². The lowest BCUT2D eigenvalue weighted by Gasteiger charge is -2.08. The molecule has 0 atom stereocenters. The second-order valence-corrected chi connectivity index (χ2v) is 8.81. The number of nitrogens with one attached hydrogen (secondary N) is 1. The monoisotopic (exact) mass is 471 g/mol. The van der Waals surface area contributed by atoms with Crippen LogP contribution in [0.2, 0.25) is 10.0 Å². The lowest BCUT2D eigenvalue weighted by Crippen LogP contribution is -2.09. The standard InChI is InChI=1S/C23H19Cl2N3O2S/c1-15-8-19(25)6-7-21(15)30-13-17-9-22(31-14-17)23(29)27-20-10-26-28(12-20)11-16-2-4-18(24)5-3-16/h2-10,12,14H,11,13H2,1H3,(H,27,29). The van der Waals surface area contributed by atoms with Gasteiger partial charge in [0.05, 0.1) is 23.3 Å². The minimum absolute atomic E-state index is 0.176. The van der Waals surface area contributed by atoms with E-state index in [-0.39, 0.29) is 5.91 Å². The van der Waals surface area contributed by atoms with Crippen LogP contribution in [0.1, 0.15) is 26.4 Å². The van der Waals surface area contributed by atoms with Crippen LogP contribution in [0, 0.1) is 6.92 Å². The van der Waals surface area contributed by atoms with Crippen LogP contribution in [-0.4, -0.2) is 15.7 Å². The van der Waals surface area contributed by atoms with Gasteiger partial charge in [0, 0.05) is 21.8 Å². The molecule has 4 rings (SSSR count). The number of benzene rings is 2. The van der Waals surface area contributed by atoms with E-state index in [9.17, 15) is 4.79 Å². The quantitative estimate of drug-likeness (QED) is 0.337. The molecule has 0 aliphatic heterocycles. The smallest absolute Gasteiger partial charge is 0.265 e. The summed E-state index contributed by atoms with van der Waals surface area (Å²) >= 11 is 13.3. The predicted molar refractivity (Wildman–Crippen MR) is 126 cm³/mol. The molecule has 31 heavy (non-hydrogen) atoms. The van der Waals surface area contributed by atoms with Crippen LogP contribution >= 0.6 is 34.5 Å². The molecule has 1 N–H and O–H groups in total. The number of aromatic nitrogens is 2. The van der Waals surface area contributed by atoms with Crippen LogP contribution in [0.5, 0.6) is 5.75 Å². The maximum atomic E-state index is 12.6. The second-order valence-electron chi connectivity index (χ2n) is 7.02. The Morgan fingerprint density at radius 3 is 2.65 bits per heavy atom. The fraction of sp³-hybridized carbons (Fsp3) is 0.130. The molecule has 0 fully saturated rings. The van der Waals surface area contributed by atoms with Crippen LogP contribution in [0.4, 0.5) is 5.69 Å². The van der Waals surface area contributed by atoms with Crippen molar-refractivity contribution in [2.45, 2.75) is 20.1 Å². The number of hydrogen-bond donors (Lipinski definition) is 1. The first-order chi connectivity index (χ1) is 15.0. The Morgan fingerprint density at radius 1 is 1.10 bits per heavy atom. The fourth-order valence-corrected chi connectivity index (χ4v) is 4.13. The topological polar surface area (TPSA) is 56.1 Å². The molecule has 2 aromatic carbocycles. The highest BCUT2D eigenvalue weighted by Crippen LogP contribution is 2.24. The van der Waals surface area contributed by atoms with E-state index in [0.717, 1.165) is 22.4 Å². The van der Waals surface area contributed by atoms with Gasteiger partial charge in [-0.25, -0.2) is 0 Å². The van der Waals surface area contributed by atoms with E-state index in [1.807, 2.05) is 54.8 Å². The number of hydrogen-bond acceptors (Lipinski definition) is 4. The first-order valence-corrected chi connectivity index (χ1v) is 11.1. The molecule has 0 bridgehead atoms. The summed E-state index contributed by atoms with van der Waals surface area (Å²) in [5, 5.41) is 10.5. The molecule has 0 aliphatic carbocycles. The number of rotatable bonds is 7. The molecule has 5 nitrogen and oxygen atoms in total. The number of thiophene rings is 1. The number of carbonyl (C=O) groups is 1. The van der Waals surface area contributed by atoms with E-state index in [1.165, 1.54) is 11.3 Å². The minimum Gasteiger partial charge on any atom is -0.489 e. The van der Waals surface area contributed by atoms with Crippen LogP contribution in [0.15, 0.2) is 66.3 Å². The van der Waals surface area contributed by atoms with Gasteiger partial charge < -0.3 is 10.1 Å². The predicted octanol–water partition coefficient (Wildman–Crippen LogP) is 6.44. The van der Waals surface area contributed by atoms with E-state index >= 15 is 0 Å². The summed E-state index contributed by atoms with van der Waals surface area (Å²) in [6.45, 7) is 2.92. The molecule has 0 saturated carbocycles. The molecule has 0 radical (unpaired) electrons. The third-order valence-electron chi connectivity index (χ3n) is 4.56. The van der Waals surface area contributed by atoms with Gasteiger partial charge in [0.15, 0.2) is 0 Å². The van der Waals surface area contributed by atoms with Gasteiger partial charge in [-0.1, -0.05) is 35.3 Å². The Hall–Kier alpha value is -2.80. The van der Waals surface area contributed by atoms with Crippen molar-refractivity contribution in [2.75, 3.05) is 5.32 Å². The molecular formula is C23H19Cl2N3O2S. The number of nitrogens with zero attached hydrogens (tertiary/aromatic N) is 2. The van der Waals surface area contributed by atoms with E-state index in [0.29, 0.717) is 33.8 Å². The summed E-state index contributed by atoms with van der Waals surface area (Å²) in [4.78, 5) is 13.2. The van der Waals surface area contributed by atoms with Gasteiger partial charge in [0.25, 0.3) is 5.91 Å². The Morgan fingerprint density at radius 2 is 1.87 bits per heavy atom. The van der Waals surface area contributed by atoms with Crippen molar-refractivity contribution in [1.29, 1.82) is 0 Å². The maximum Gasteiger partial charge on any atom is 0.265 e. The number of aryl methyl sites for hydroxylation is 1. The first kappa shape index (κ1) is 21.4. The van der Waals surface area contributed by atoms with Crippen LogP contribution < -0.4 is 10.1 Å². The van der Waals surface area contributed by atoms with Crippen LogP contribution in [-0.2, 0) is 13.2 Å². The SMILES string of the molecule is Cc1cc(Cl)ccc1OCc1csc(C(=O)Nc2cnn(Cc3ccc(Cl)cc3)c2)c1. The van der Waals surface area contributed by atoms with E-state index in [4.69, 9.17) is 27.9 Å². The zero-order chi connectivity index (χ0) is 21.8. The summed E-state index contributed by atoms with van der Waals surface area (Å²) in [5.41, 5.74) is 3.62. The van der Waals surface area contributed by atoms with Gasteiger partial charge in [0.1, 0.15) is 12.4 Å². The molecule has 2 heterocycles. The minimum atomic E-state index is -0.176. The van der Waals surface area contributed by atoms with Gasteiger partial charge in [-0.15, -0.1) is 11.3 Å². The zero-order valence-electron chi connectivity index (χ0n) is 16.6. The second kappa shape index (κ2) is 9.56. The molecular weight excluding hydrogens is 453 g/mol. The normalized spacial score (nSPS) is 10.8. The van der Waals surface area contributed by atoms with Crippen LogP contribution in [0.3, 0.4) is 0 Å². The molecule has 8 heteroatoms. The largest absolute Gasteiger partial charge is 0.489 e. The molecule has 0 saturated heterocycles. The van der Waals surface area contributed by atoms with Crippen molar-refractivity contribution in [1.82, 2.24) is 9.78 Å². The number of ether oxygens (including phenoxy) is 1. The number of amides is 1. The molecule has 158 valence electrons. The van der Waals surface area contributed by atoms with Gasteiger partial charge in [-0.05, 0) is 59.8 Å². The Labute approximate surface area is 194 Å². The van der Waals surface area contributed by atoms with Gasteiger partial charge in [-0.3, -0.25) is 9.48 Å². The fourth-order valence-electron chi connectivity index (χ4n) is 2.99. The summed E-state index contributed by atoms with van der Waals surface area (Å²) in [6.07, 6.45) is 3.43. The lowest BCUT2D eigenvalue weighted by atomic mass is 10.2. The van der Waals surface area contributed by atoms with Crippen molar-refractivity contribution >= 4 is 46.1 Å². The highest BCUT2D eigenvalue weighted by Gasteiger charge is 2.12. The van der Waals surface area contributed by atoms with Crippen LogP contribution in [0.25, 0.3) is 0 Å². The molecule has 1 amide bonds. The molecule has 0 unspecified atom stereocenters. The van der Waals surface area contributed by atoms with Crippen molar-refractivity contribution in [3.8, 4) is 5.75 Å². The number of carbonyl (C=O) groups excluding carboxylic acids is 1. The van der Waals surface area contributed by atoms with Gasteiger partial charge in [-0.2, -0.15) is 5.10 Å². The highest BCUT2D eigenvalue weighted by molar-refractivity contribution is 7.12. The Kier molecular flexibility index (Phi) is 6.61. The van der Waals surface area contributed by atoms with E-state index in [2.05, 4.69) is 10.4 Å². The zero-order valence-corrected chi connectivity index (χ0v) is 19.0. The van der Waals surface area contributed by atoms with Crippen molar-refractivity contribution < 1.29 is 9.53 Å². The third kappa shape index (κ3) is 5.67. The average Bonchev–Trinajstić information content (AvgIpc) is 3.39. The number of anilines is 1. The molecule has 0 spiro atoms. The summed E-state index contributed by atoms with van der Waals surface area (Å²) in [6, 6.07) is 14.9. The van der Waals surface area contributed by atoms with Crippen molar-refractivity contribution in [2.24, 2.45) is 0 Å². The molecule has 4 aromatic rings. The number of halogens is 2. The Balaban J connectivity index is 1.33. The van der Waals surface area contributed by atoms with E-state index in [1.54, 1.807) is 23.1 Å². The lowest BCUT2D eigenvalue weighted by molar-refractivity contribution is 0.103. The summed E-state index contributed by atoms with van der Waals surface area (Å²) in [7, 11) is 0. The highest BCUT2D eigenvalue weighted by atomic mass is 35.5. The first-order valence-electron chi connectivity index (χ1n) is 9.51. The van der Waals surface area contributed by atoms with E-state index < -0.39 is 0 Å².